The highest BCUT2D eigenvalue weighted by atomic mass is 32.2. The minimum Gasteiger partial charge on any atom is -0.434 e. The molecule has 0 unspecified atom stereocenters. The zero-order chi connectivity index (χ0) is 29.8. The molecule has 0 aliphatic heterocycles. The third-order valence-electron chi connectivity index (χ3n) is 6.26. The van der Waals surface area contributed by atoms with Crippen LogP contribution in [0.2, 0.25) is 0 Å². The minimum absolute atomic E-state index is 0.160. The van der Waals surface area contributed by atoms with Gasteiger partial charge in [-0.05, 0) is 49.6 Å². The van der Waals surface area contributed by atoms with E-state index in [2.05, 4.69) is 15.5 Å². The lowest BCUT2D eigenvalue weighted by Gasteiger charge is -2.21. The van der Waals surface area contributed by atoms with Crippen molar-refractivity contribution < 1.29 is 53.1 Å². The number of carbonyl (C=O) groups is 1. The number of carbonyl (C=O) groups excluding carboxylic acids is 1. The minimum atomic E-state index is -5.10. The number of hydrogen-bond donors (Lipinski definition) is 1. The number of nitrogens with zero attached hydrogens (tertiary/aromatic N) is 2. The van der Waals surface area contributed by atoms with Crippen molar-refractivity contribution in [2.75, 3.05) is 11.6 Å². The number of anilines is 1. The van der Waals surface area contributed by atoms with Gasteiger partial charge in [-0.2, -0.15) is 30.7 Å². The molecule has 1 aliphatic carbocycles. The Kier molecular flexibility index (Phi) is 7.05. The summed E-state index contributed by atoms with van der Waals surface area (Å²) in [4.78, 5) is 12.8. The molecule has 1 aliphatic rings. The first-order valence-corrected chi connectivity index (χ1v) is 13.0. The van der Waals surface area contributed by atoms with Gasteiger partial charge in [-0.15, -0.1) is 10.2 Å². The largest absolute Gasteiger partial charge is 0.435 e. The zero-order valence-corrected chi connectivity index (χ0v) is 21.2. The molecule has 40 heavy (non-hydrogen) atoms. The van der Waals surface area contributed by atoms with Gasteiger partial charge in [0.25, 0.3) is 11.8 Å². The van der Waals surface area contributed by atoms with Gasteiger partial charge in [-0.25, -0.2) is 12.8 Å². The summed E-state index contributed by atoms with van der Waals surface area (Å²) in [5, 5.41) is 8.35. The molecule has 0 radical (unpaired) electrons. The van der Waals surface area contributed by atoms with Gasteiger partial charge >= 0.3 is 12.4 Å². The highest BCUT2D eigenvalue weighted by molar-refractivity contribution is 7.90. The smallest absolute Gasteiger partial charge is 0.434 e. The topological polar surface area (TPSA) is 98.2 Å². The molecule has 0 bridgehead atoms. The lowest BCUT2D eigenvalue weighted by Crippen LogP contribution is -2.30. The maximum atomic E-state index is 14.8. The highest BCUT2D eigenvalue weighted by Gasteiger charge is 2.65. The van der Waals surface area contributed by atoms with Crippen LogP contribution in [0.3, 0.4) is 0 Å². The van der Waals surface area contributed by atoms with Crippen LogP contribution in [0.4, 0.5) is 40.8 Å². The third kappa shape index (κ3) is 5.31. The number of alkyl halides is 6. The van der Waals surface area contributed by atoms with E-state index in [0.29, 0.717) is 12.1 Å². The van der Waals surface area contributed by atoms with Crippen molar-refractivity contribution >= 4 is 21.4 Å². The molecule has 2 aromatic carbocycles. The number of nitrogens with one attached hydrogen (secondary N) is 1. The predicted octanol–water partition coefficient (Wildman–Crippen LogP) is 6.12. The number of amides is 1. The number of hydrogen-bond acceptors (Lipinski definition) is 6. The Labute approximate surface area is 221 Å². The summed E-state index contributed by atoms with van der Waals surface area (Å²) in [5.41, 5.74) is -7.08. The fourth-order valence-electron chi connectivity index (χ4n) is 4.02. The van der Waals surface area contributed by atoms with Crippen LogP contribution in [-0.4, -0.2) is 37.0 Å². The van der Waals surface area contributed by atoms with Gasteiger partial charge in [0.2, 0.25) is 5.82 Å². The van der Waals surface area contributed by atoms with Gasteiger partial charge in [0.05, 0.1) is 10.3 Å². The van der Waals surface area contributed by atoms with E-state index in [-0.39, 0.29) is 10.6 Å². The Morgan fingerprint density at radius 3 is 2.20 bits per heavy atom. The fourth-order valence-corrected chi connectivity index (χ4v) is 4.69. The second kappa shape index (κ2) is 9.67. The number of rotatable bonds is 6. The molecule has 1 amide bonds. The van der Waals surface area contributed by atoms with Crippen LogP contribution in [0.15, 0.2) is 41.3 Å². The van der Waals surface area contributed by atoms with E-state index < -0.39 is 92.0 Å². The molecule has 1 aromatic heterocycles. The van der Waals surface area contributed by atoms with Crippen LogP contribution in [0.25, 0.3) is 0 Å². The molecule has 0 atom stereocenters. The van der Waals surface area contributed by atoms with E-state index in [0.717, 1.165) is 19.2 Å². The van der Waals surface area contributed by atoms with E-state index in [1.807, 2.05) is 0 Å². The van der Waals surface area contributed by atoms with Crippen LogP contribution in [-0.2, 0) is 21.4 Å². The molecule has 1 fully saturated rings. The number of aromatic nitrogens is 2. The molecule has 1 N–H and O–H groups in total. The van der Waals surface area contributed by atoms with Crippen LogP contribution in [0.5, 0.6) is 11.6 Å². The molecule has 1 saturated carbocycles. The molecule has 0 saturated heterocycles. The maximum Gasteiger partial charge on any atom is 0.435 e. The Morgan fingerprint density at radius 1 is 1.00 bits per heavy atom. The van der Waals surface area contributed by atoms with Gasteiger partial charge in [-0.1, -0.05) is 12.1 Å². The monoisotopic (exact) mass is 595 g/mol. The van der Waals surface area contributed by atoms with Crippen LogP contribution in [0.1, 0.15) is 40.0 Å². The molecule has 0 spiro atoms. The lowest BCUT2D eigenvalue weighted by atomic mass is 9.94. The first kappa shape index (κ1) is 29.2. The van der Waals surface area contributed by atoms with Crippen molar-refractivity contribution in [3.8, 4) is 11.6 Å². The number of ether oxygens (including phenoxy) is 1. The predicted molar refractivity (Wildman–Crippen MR) is 123 cm³/mol. The van der Waals surface area contributed by atoms with E-state index in [1.165, 1.54) is 18.2 Å². The van der Waals surface area contributed by atoms with E-state index in [1.54, 1.807) is 0 Å². The second-order valence-electron chi connectivity index (χ2n) is 9.03. The highest BCUT2D eigenvalue weighted by Crippen LogP contribution is 2.59. The molecule has 7 nitrogen and oxygen atoms in total. The lowest BCUT2D eigenvalue weighted by molar-refractivity contribution is -0.161. The maximum absolute atomic E-state index is 14.8. The first-order chi connectivity index (χ1) is 18.4. The van der Waals surface area contributed by atoms with Crippen molar-refractivity contribution in [1.82, 2.24) is 10.2 Å². The molecule has 4 rings (SSSR count). The molecule has 214 valence electrons. The van der Waals surface area contributed by atoms with Gasteiger partial charge < -0.3 is 10.1 Å². The molecule has 16 heteroatoms. The number of benzene rings is 2. The zero-order valence-electron chi connectivity index (χ0n) is 20.3. The van der Waals surface area contributed by atoms with Crippen LogP contribution >= 0.6 is 0 Å². The van der Waals surface area contributed by atoms with Gasteiger partial charge in [0.15, 0.2) is 27.1 Å². The van der Waals surface area contributed by atoms with E-state index in [9.17, 15) is 48.3 Å². The third-order valence-corrected chi connectivity index (χ3v) is 7.37. The second-order valence-corrected chi connectivity index (χ2v) is 11.0. The van der Waals surface area contributed by atoms with E-state index in [4.69, 9.17) is 4.74 Å². The summed E-state index contributed by atoms with van der Waals surface area (Å²) < 4.78 is 139. The molecule has 1 heterocycles. The standard InChI is InChI=1S/C24H17F8N3O4S/c1-11-16(20(36)33-12-4-3-5-13(10-12)40(2,37)38)21(35-34-19(11)23(27,28)29)39-15-7-6-14(17(25)18(15)26)22(8-9-22)24(30,31)32/h3-7,10H,8-9H2,1-2H3,(H,33,36). The summed E-state index contributed by atoms with van der Waals surface area (Å²) in [6, 6.07) is 5.95. The SMILES string of the molecule is Cc1c(C(F)(F)F)nnc(Oc2ccc(C3(C(F)(F)F)CC3)c(F)c2F)c1C(=O)Nc1cccc(S(C)(=O)=O)c1. The Morgan fingerprint density at radius 2 is 1.65 bits per heavy atom. The normalized spacial score (nSPS) is 15.1. The van der Waals surface area contributed by atoms with E-state index >= 15 is 0 Å². The van der Waals surface area contributed by atoms with Gasteiger partial charge in [-0.3, -0.25) is 4.79 Å². The fraction of sp³-hybridized carbons (Fsp3) is 0.292. The molecular weight excluding hydrogens is 578 g/mol. The first-order valence-electron chi connectivity index (χ1n) is 11.2. The average molecular weight is 595 g/mol. The Bertz CT molecular complexity index is 1620. The average Bonchev–Trinajstić information content (AvgIpc) is 3.63. The number of sulfone groups is 1. The van der Waals surface area contributed by atoms with Crippen molar-refractivity contribution in [3.63, 3.8) is 0 Å². The summed E-state index contributed by atoms with van der Waals surface area (Å²) in [5.74, 6) is -7.18. The van der Waals surface area contributed by atoms with Crippen LogP contribution in [0, 0.1) is 18.6 Å². The Balaban J connectivity index is 1.76. The summed E-state index contributed by atoms with van der Waals surface area (Å²) in [6.45, 7) is 0.826. The molecule has 3 aromatic rings. The Hall–Kier alpha value is -3.82. The molecular formula is C24H17F8N3O4S. The summed E-state index contributed by atoms with van der Waals surface area (Å²) >= 11 is 0. The quantitative estimate of drug-likeness (QED) is 0.345. The van der Waals surface area contributed by atoms with Crippen molar-refractivity contribution in [3.05, 3.63) is 70.4 Å². The van der Waals surface area contributed by atoms with Crippen LogP contribution < -0.4 is 10.1 Å². The van der Waals surface area contributed by atoms with Gasteiger partial charge in [0, 0.05) is 17.5 Å². The van der Waals surface area contributed by atoms with Crippen molar-refractivity contribution in [1.29, 1.82) is 0 Å². The number of halogens is 8. The van der Waals surface area contributed by atoms with Crippen molar-refractivity contribution in [2.45, 2.75) is 42.4 Å². The van der Waals surface area contributed by atoms with Crippen molar-refractivity contribution in [2.24, 2.45) is 0 Å². The summed E-state index contributed by atoms with van der Waals surface area (Å²) in [6.07, 6.45) is -10.0. The van der Waals surface area contributed by atoms with Gasteiger partial charge in [0.1, 0.15) is 5.56 Å². The summed E-state index contributed by atoms with van der Waals surface area (Å²) in [7, 11) is -3.73.